The predicted octanol–water partition coefficient (Wildman–Crippen LogP) is -1.75. The first kappa shape index (κ1) is 17.7. The molecule has 0 spiro atoms. The Balaban J connectivity index is 1.61. The van der Waals surface area contributed by atoms with Gasteiger partial charge in [0.15, 0.2) is 0 Å². The van der Waals surface area contributed by atoms with Crippen LogP contribution in [-0.4, -0.2) is 96.5 Å². The Hall–Kier alpha value is -1.67. The molecule has 0 aromatic rings. The minimum absolute atomic E-state index is 0.105. The van der Waals surface area contributed by atoms with Crippen LogP contribution in [0, 0.1) is 0 Å². The molecule has 3 amide bonds. The summed E-state index contributed by atoms with van der Waals surface area (Å²) >= 11 is 0. The van der Waals surface area contributed by atoms with Crippen molar-refractivity contribution in [2.45, 2.75) is 19.3 Å². The van der Waals surface area contributed by atoms with Gasteiger partial charge in [0.05, 0.1) is 6.61 Å². The van der Waals surface area contributed by atoms with E-state index in [1.54, 1.807) is 9.80 Å². The first-order chi connectivity index (χ1) is 11.1. The summed E-state index contributed by atoms with van der Waals surface area (Å²) in [7, 11) is 0. The molecule has 2 aliphatic heterocycles. The number of rotatable bonds is 6. The summed E-state index contributed by atoms with van der Waals surface area (Å²) < 4.78 is 0. The third kappa shape index (κ3) is 5.18. The van der Waals surface area contributed by atoms with Crippen LogP contribution in [0.2, 0.25) is 0 Å². The molecule has 2 N–H and O–H groups in total. The van der Waals surface area contributed by atoms with E-state index in [9.17, 15) is 14.4 Å². The fourth-order valence-corrected chi connectivity index (χ4v) is 2.95. The van der Waals surface area contributed by atoms with E-state index in [1.165, 1.54) is 0 Å². The van der Waals surface area contributed by atoms with E-state index < -0.39 is 11.8 Å². The van der Waals surface area contributed by atoms with Crippen LogP contribution in [0.4, 0.5) is 0 Å². The zero-order chi connectivity index (χ0) is 16.7. The third-order valence-electron chi connectivity index (χ3n) is 4.33. The Kier molecular flexibility index (Phi) is 6.79. The van der Waals surface area contributed by atoms with Crippen LogP contribution in [-0.2, 0) is 14.4 Å². The average Bonchev–Trinajstić information content (AvgIpc) is 2.97. The largest absolute Gasteiger partial charge is 0.395 e. The van der Waals surface area contributed by atoms with E-state index in [4.69, 9.17) is 5.11 Å². The second-order valence-corrected chi connectivity index (χ2v) is 5.95. The van der Waals surface area contributed by atoms with Crippen molar-refractivity contribution in [2.75, 3.05) is 59.0 Å². The quantitative estimate of drug-likeness (QED) is 0.446. The molecule has 0 unspecified atom stereocenters. The fraction of sp³-hybridized carbons (Fsp3) is 0.800. The number of likely N-dealkylation sites (tertiary alicyclic amines) is 1. The van der Waals surface area contributed by atoms with Crippen LogP contribution in [0.15, 0.2) is 0 Å². The van der Waals surface area contributed by atoms with Crippen LogP contribution < -0.4 is 5.32 Å². The normalized spacial score (nSPS) is 19.3. The summed E-state index contributed by atoms with van der Waals surface area (Å²) in [5.74, 6) is -0.896. The van der Waals surface area contributed by atoms with Gasteiger partial charge in [-0.05, 0) is 12.8 Å². The Morgan fingerprint density at radius 2 is 1.83 bits per heavy atom. The molecule has 23 heavy (non-hydrogen) atoms. The summed E-state index contributed by atoms with van der Waals surface area (Å²) in [5, 5.41) is 11.5. The molecule has 8 heteroatoms. The zero-order valence-corrected chi connectivity index (χ0v) is 13.5. The minimum atomic E-state index is -0.576. The molecule has 0 bridgehead atoms. The van der Waals surface area contributed by atoms with Gasteiger partial charge in [0.25, 0.3) is 0 Å². The minimum Gasteiger partial charge on any atom is -0.395 e. The molecule has 8 nitrogen and oxygen atoms in total. The second-order valence-electron chi connectivity index (χ2n) is 5.95. The van der Waals surface area contributed by atoms with Crippen molar-refractivity contribution >= 4 is 17.7 Å². The van der Waals surface area contributed by atoms with Gasteiger partial charge >= 0.3 is 11.8 Å². The molecule has 2 rings (SSSR count). The monoisotopic (exact) mass is 326 g/mol. The number of carbonyl (C=O) groups is 3. The third-order valence-corrected chi connectivity index (χ3v) is 4.33. The fourth-order valence-electron chi connectivity index (χ4n) is 2.95. The molecule has 2 aliphatic rings. The lowest BCUT2D eigenvalue weighted by Crippen LogP contribution is -2.53. The molecular weight excluding hydrogens is 300 g/mol. The molecule has 0 saturated carbocycles. The number of amides is 3. The van der Waals surface area contributed by atoms with Gasteiger partial charge in [0, 0.05) is 58.8 Å². The van der Waals surface area contributed by atoms with Crippen LogP contribution >= 0.6 is 0 Å². The van der Waals surface area contributed by atoms with Gasteiger partial charge in [-0.3, -0.25) is 19.3 Å². The topological polar surface area (TPSA) is 93.2 Å². The number of aliphatic hydroxyl groups excluding tert-OH is 1. The Labute approximate surface area is 136 Å². The van der Waals surface area contributed by atoms with Gasteiger partial charge in [-0.15, -0.1) is 0 Å². The van der Waals surface area contributed by atoms with E-state index in [-0.39, 0.29) is 12.5 Å². The molecule has 0 atom stereocenters. The highest BCUT2D eigenvalue weighted by Gasteiger charge is 2.25. The maximum Gasteiger partial charge on any atom is 0.311 e. The van der Waals surface area contributed by atoms with Gasteiger partial charge in [-0.2, -0.15) is 0 Å². The summed E-state index contributed by atoms with van der Waals surface area (Å²) in [4.78, 5) is 40.8. The SMILES string of the molecule is O=C(NCCCN1CCCC1=O)C(=O)N1CCN(CCO)CC1. The van der Waals surface area contributed by atoms with E-state index in [2.05, 4.69) is 10.2 Å². The first-order valence-corrected chi connectivity index (χ1v) is 8.30. The molecule has 2 fully saturated rings. The van der Waals surface area contributed by atoms with Crippen LogP contribution in [0.25, 0.3) is 0 Å². The lowest BCUT2D eigenvalue weighted by molar-refractivity contribution is -0.147. The molecule has 0 aliphatic carbocycles. The van der Waals surface area contributed by atoms with Gasteiger partial charge in [0.1, 0.15) is 0 Å². The van der Waals surface area contributed by atoms with Crippen molar-refractivity contribution in [1.29, 1.82) is 0 Å². The van der Waals surface area contributed by atoms with E-state index in [0.29, 0.717) is 58.7 Å². The Morgan fingerprint density at radius 1 is 1.09 bits per heavy atom. The van der Waals surface area contributed by atoms with Crippen molar-refractivity contribution < 1.29 is 19.5 Å². The molecule has 130 valence electrons. The molecule has 2 heterocycles. The van der Waals surface area contributed by atoms with E-state index in [1.807, 2.05) is 0 Å². The number of hydrogen-bond acceptors (Lipinski definition) is 5. The highest BCUT2D eigenvalue weighted by Crippen LogP contribution is 2.09. The highest BCUT2D eigenvalue weighted by molar-refractivity contribution is 6.35. The maximum atomic E-state index is 12.0. The Bertz CT molecular complexity index is 435. The number of piperazine rings is 1. The number of carbonyl (C=O) groups excluding carboxylic acids is 3. The average molecular weight is 326 g/mol. The van der Waals surface area contributed by atoms with Gasteiger partial charge < -0.3 is 20.2 Å². The summed E-state index contributed by atoms with van der Waals surface area (Å²) in [5.41, 5.74) is 0. The lowest BCUT2D eigenvalue weighted by atomic mass is 10.3. The second kappa shape index (κ2) is 8.83. The molecule has 2 saturated heterocycles. The van der Waals surface area contributed by atoms with Crippen molar-refractivity contribution in [3.05, 3.63) is 0 Å². The highest BCUT2D eigenvalue weighted by atomic mass is 16.3. The van der Waals surface area contributed by atoms with Crippen LogP contribution in [0.1, 0.15) is 19.3 Å². The smallest absolute Gasteiger partial charge is 0.311 e. The van der Waals surface area contributed by atoms with Gasteiger partial charge in [0.2, 0.25) is 5.91 Å². The number of β-amino-alcohol motifs (C(OH)–C–C–N with tert-alkyl or cyclic N) is 1. The van der Waals surface area contributed by atoms with Crippen LogP contribution in [0.3, 0.4) is 0 Å². The van der Waals surface area contributed by atoms with E-state index >= 15 is 0 Å². The maximum absolute atomic E-state index is 12.0. The Morgan fingerprint density at radius 3 is 2.43 bits per heavy atom. The summed E-state index contributed by atoms with van der Waals surface area (Å²) in [6.45, 7) is 4.91. The molecule has 0 aromatic heterocycles. The lowest BCUT2D eigenvalue weighted by Gasteiger charge is -2.33. The standard InChI is InChI=1S/C15H26N4O4/c20-12-11-17-7-9-19(10-8-17)15(23)14(22)16-4-2-6-18-5-1-3-13(18)21/h20H,1-12H2,(H,16,22). The summed E-state index contributed by atoms with van der Waals surface area (Å²) in [6, 6.07) is 0. The molecular formula is C15H26N4O4. The number of hydrogen-bond donors (Lipinski definition) is 2. The van der Waals surface area contributed by atoms with Gasteiger partial charge in [-0.1, -0.05) is 0 Å². The molecule has 0 aromatic carbocycles. The van der Waals surface area contributed by atoms with Crippen molar-refractivity contribution in [3.63, 3.8) is 0 Å². The van der Waals surface area contributed by atoms with Crippen molar-refractivity contribution in [2.24, 2.45) is 0 Å². The van der Waals surface area contributed by atoms with Crippen molar-refractivity contribution in [1.82, 2.24) is 20.0 Å². The van der Waals surface area contributed by atoms with Crippen LogP contribution in [0.5, 0.6) is 0 Å². The number of nitrogens with one attached hydrogen (secondary N) is 1. The van der Waals surface area contributed by atoms with E-state index in [0.717, 1.165) is 13.0 Å². The zero-order valence-electron chi connectivity index (χ0n) is 13.5. The summed E-state index contributed by atoms with van der Waals surface area (Å²) in [6.07, 6.45) is 2.19. The first-order valence-electron chi connectivity index (χ1n) is 8.30. The van der Waals surface area contributed by atoms with Gasteiger partial charge in [-0.25, -0.2) is 0 Å². The number of aliphatic hydroxyl groups is 1. The number of nitrogens with zero attached hydrogens (tertiary/aromatic N) is 3. The molecule has 0 radical (unpaired) electrons. The predicted molar refractivity (Wildman–Crippen MR) is 83.5 cm³/mol. The van der Waals surface area contributed by atoms with Crippen molar-refractivity contribution in [3.8, 4) is 0 Å².